The molecule has 2 aromatic heterocycles. The first kappa shape index (κ1) is 20.5. The zero-order valence-electron chi connectivity index (χ0n) is 17.6. The first-order valence-corrected chi connectivity index (χ1v) is 10.4. The summed E-state index contributed by atoms with van der Waals surface area (Å²) in [5.74, 6) is -1.75. The Bertz CT molecular complexity index is 1290. The zero-order valence-corrected chi connectivity index (χ0v) is 17.6. The molecule has 9 heteroatoms. The number of benzene rings is 1. The largest absolute Gasteiger partial charge is 0.396 e. The highest BCUT2D eigenvalue weighted by atomic mass is 19.4. The number of halogens is 3. The normalized spacial score (nSPS) is 18.7. The van der Waals surface area contributed by atoms with Gasteiger partial charge >= 0.3 is 6.18 Å². The smallest absolute Gasteiger partial charge is 0.329 e. The van der Waals surface area contributed by atoms with Gasteiger partial charge in [0.25, 0.3) is 11.5 Å². The number of imidazole rings is 1. The fourth-order valence-corrected chi connectivity index (χ4v) is 4.77. The molecule has 2 unspecified atom stereocenters. The molecule has 3 aromatic rings. The highest BCUT2D eigenvalue weighted by Gasteiger charge is 2.48. The Labute approximate surface area is 181 Å². The first-order valence-electron chi connectivity index (χ1n) is 10.4. The number of rotatable bonds is 3. The second kappa shape index (κ2) is 7.08. The number of carbonyl (C=O) groups is 1. The molecular formula is C23H21F3N4O2. The van der Waals surface area contributed by atoms with Crippen LogP contribution >= 0.6 is 0 Å². The Hall–Kier alpha value is -3.36. The first-order chi connectivity index (χ1) is 15.2. The van der Waals surface area contributed by atoms with E-state index >= 15 is 0 Å². The van der Waals surface area contributed by atoms with E-state index < -0.39 is 18.1 Å². The lowest BCUT2D eigenvalue weighted by molar-refractivity contribution is -0.155. The molecule has 166 valence electrons. The molecule has 0 saturated heterocycles. The third-order valence-electron chi connectivity index (χ3n) is 6.53. The third kappa shape index (κ3) is 3.06. The molecule has 1 aromatic carbocycles. The summed E-state index contributed by atoms with van der Waals surface area (Å²) in [6.45, 7) is 4.26. The number of fused-ring (bicyclic) bond motifs is 2. The van der Waals surface area contributed by atoms with E-state index in [-0.39, 0.29) is 23.6 Å². The molecule has 0 N–H and O–H groups in total. The van der Waals surface area contributed by atoms with Gasteiger partial charge in [0.2, 0.25) is 0 Å². The van der Waals surface area contributed by atoms with Crippen molar-refractivity contribution < 1.29 is 18.0 Å². The second-order valence-electron chi connectivity index (χ2n) is 8.37. The van der Waals surface area contributed by atoms with Crippen LogP contribution in [0.2, 0.25) is 0 Å². The molecule has 0 bridgehead atoms. The fraction of sp³-hybridized carbons (Fsp3) is 0.348. The average Bonchev–Trinajstić information content (AvgIpc) is 3.14. The lowest BCUT2D eigenvalue weighted by Gasteiger charge is -2.39. The van der Waals surface area contributed by atoms with Gasteiger partial charge in [0.15, 0.2) is 0 Å². The zero-order chi connectivity index (χ0) is 22.8. The van der Waals surface area contributed by atoms with Crippen LogP contribution in [0.4, 0.5) is 13.2 Å². The molecule has 0 fully saturated rings. The van der Waals surface area contributed by atoms with Crippen molar-refractivity contribution >= 4 is 5.91 Å². The Balaban J connectivity index is 1.45. The van der Waals surface area contributed by atoms with Crippen LogP contribution in [-0.2, 0) is 13.0 Å². The number of hydrogen-bond acceptors (Lipinski definition) is 3. The minimum Gasteiger partial charge on any atom is -0.329 e. The summed E-state index contributed by atoms with van der Waals surface area (Å²) in [5.41, 5.74) is 2.88. The Kier molecular flexibility index (Phi) is 4.54. The van der Waals surface area contributed by atoms with Crippen molar-refractivity contribution in [3.8, 4) is 5.69 Å². The minimum absolute atomic E-state index is 0.0644. The number of amides is 1. The monoisotopic (exact) mass is 442 g/mol. The molecule has 2 aliphatic rings. The van der Waals surface area contributed by atoms with E-state index in [0.717, 1.165) is 11.3 Å². The maximum absolute atomic E-state index is 13.2. The molecule has 2 atom stereocenters. The van der Waals surface area contributed by atoms with Gasteiger partial charge in [-0.1, -0.05) is 18.2 Å². The van der Waals surface area contributed by atoms with Crippen LogP contribution in [0.5, 0.6) is 0 Å². The maximum atomic E-state index is 13.2. The number of hydrogen-bond donors (Lipinski definition) is 0. The van der Waals surface area contributed by atoms with E-state index in [0.29, 0.717) is 29.9 Å². The predicted octanol–water partition coefficient (Wildman–Crippen LogP) is 3.76. The lowest BCUT2D eigenvalue weighted by Crippen LogP contribution is -2.46. The summed E-state index contributed by atoms with van der Waals surface area (Å²) in [6.07, 6.45) is -1.03. The second-order valence-corrected chi connectivity index (χ2v) is 8.37. The highest BCUT2D eigenvalue weighted by Crippen LogP contribution is 2.48. The quantitative estimate of drug-likeness (QED) is 0.621. The minimum atomic E-state index is -4.26. The van der Waals surface area contributed by atoms with Crippen LogP contribution < -0.4 is 5.56 Å². The Morgan fingerprint density at radius 2 is 1.91 bits per heavy atom. The van der Waals surface area contributed by atoms with Crippen LogP contribution in [0.3, 0.4) is 0 Å². The van der Waals surface area contributed by atoms with Crippen molar-refractivity contribution in [1.82, 2.24) is 19.0 Å². The Morgan fingerprint density at radius 1 is 1.12 bits per heavy atom. The van der Waals surface area contributed by atoms with Gasteiger partial charge in [-0.15, -0.1) is 0 Å². The molecule has 5 rings (SSSR count). The van der Waals surface area contributed by atoms with Gasteiger partial charge < -0.3 is 14.0 Å². The fourth-order valence-electron chi connectivity index (χ4n) is 4.77. The molecule has 0 radical (unpaired) electrons. The summed E-state index contributed by atoms with van der Waals surface area (Å²) in [4.78, 5) is 32.0. The highest BCUT2D eigenvalue weighted by molar-refractivity contribution is 5.93. The van der Waals surface area contributed by atoms with Crippen molar-refractivity contribution in [2.75, 3.05) is 6.54 Å². The van der Waals surface area contributed by atoms with Gasteiger partial charge in [0.05, 0.1) is 24.0 Å². The summed E-state index contributed by atoms with van der Waals surface area (Å²) < 4.78 is 42.6. The molecule has 1 amide bonds. The maximum Gasteiger partial charge on any atom is 0.396 e. The number of pyridine rings is 1. The SMILES string of the molecule is Cc1cn(-c2ccc3n(c2=O)CCN(C(C)c2cccc4c2CC4C(F)(F)F)C3=O)cn1. The van der Waals surface area contributed by atoms with Gasteiger partial charge in [-0.3, -0.25) is 9.59 Å². The summed E-state index contributed by atoms with van der Waals surface area (Å²) in [5, 5.41) is 0. The van der Waals surface area contributed by atoms with Crippen LogP contribution in [-0.4, -0.2) is 37.6 Å². The predicted molar refractivity (Wildman–Crippen MR) is 111 cm³/mol. The molecule has 0 saturated carbocycles. The van der Waals surface area contributed by atoms with Gasteiger partial charge in [0.1, 0.15) is 11.4 Å². The molecule has 32 heavy (non-hydrogen) atoms. The Morgan fingerprint density at radius 3 is 2.59 bits per heavy atom. The topological polar surface area (TPSA) is 60.1 Å². The van der Waals surface area contributed by atoms with E-state index in [9.17, 15) is 22.8 Å². The van der Waals surface area contributed by atoms with Crippen molar-refractivity contribution in [1.29, 1.82) is 0 Å². The summed E-state index contributed by atoms with van der Waals surface area (Å²) in [6, 6.07) is 7.75. The lowest BCUT2D eigenvalue weighted by atomic mass is 9.73. The number of nitrogens with zero attached hydrogens (tertiary/aromatic N) is 4. The molecule has 0 spiro atoms. The number of carbonyl (C=O) groups excluding carboxylic acids is 1. The van der Waals surface area contributed by atoms with Crippen molar-refractivity contribution in [2.24, 2.45) is 0 Å². The van der Waals surface area contributed by atoms with Crippen LogP contribution in [0.25, 0.3) is 5.69 Å². The molecule has 1 aliphatic heterocycles. The van der Waals surface area contributed by atoms with E-state index in [1.54, 1.807) is 46.3 Å². The van der Waals surface area contributed by atoms with Gasteiger partial charge in [-0.05, 0) is 49.1 Å². The van der Waals surface area contributed by atoms with E-state index in [4.69, 9.17) is 0 Å². The molecular weight excluding hydrogens is 421 g/mol. The molecule has 1 aliphatic carbocycles. The molecule has 6 nitrogen and oxygen atoms in total. The van der Waals surface area contributed by atoms with E-state index in [2.05, 4.69) is 4.98 Å². The van der Waals surface area contributed by atoms with Gasteiger partial charge in [0, 0.05) is 19.3 Å². The average molecular weight is 442 g/mol. The van der Waals surface area contributed by atoms with Crippen molar-refractivity contribution in [3.63, 3.8) is 0 Å². The standard InChI is InChI=1S/C23H21F3N4O2/c1-13-11-28(12-27-13)19-6-7-20-22(32)29(8-9-30(20)21(19)31)14(2)15-4-3-5-16-17(15)10-18(16)23(24,25)26/h3-7,11-12,14,18H,8-10H2,1-2H3. The van der Waals surface area contributed by atoms with Crippen molar-refractivity contribution in [3.05, 3.63) is 81.3 Å². The van der Waals surface area contributed by atoms with Gasteiger partial charge in [-0.2, -0.15) is 13.2 Å². The van der Waals surface area contributed by atoms with Crippen LogP contribution in [0.1, 0.15) is 51.8 Å². The van der Waals surface area contributed by atoms with Gasteiger partial charge in [-0.25, -0.2) is 4.98 Å². The number of aromatic nitrogens is 3. The summed E-state index contributed by atoms with van der Waals surface area (Å²) in [7, 11) is 0. The summed E-state index contributed by atoms with van der Waals surface area (Å²) >= 11 is 0. The number of alkyl halides is 3. The van der Waals surface area contributed by atoms with Crippen molar-refractivity contribution in [2.45, 2.75) is 44.9 Å². The van der Waals surface area contributed by atoms with E-state index in [1.165, 1.54) is 10.6 Å². The van der Waals surface area contributed by atoms with Crippen LogP contribution in [0, 0.1) is 6.92 Å². The van der Waals surface area contributed by atoms with Crippen LogP contribution in [0.15, 0.2) is 47.7 Å². The third-order valence-corrected chi connectivity index (χ3v) is 6.53. The molecule has 3 heterocycles. The number of aryl methyl sites for hydroxylation is 1. The van der Waals surface area contributed by atoms with E-state index in [1.807, 2.05) is 13.8 Å².